The molecule has 0 saturated heterocycles. The van der Waals surface area contributed by atoms with E-state index in [1.807, 2.05) is 49.4 Å². The molecule has 3 N–H and O–H groups in total. The van der Waals surface area contributed by atoms with Gasteiger partial charge in [0.2, 0.25) is 0 Å². The zero-order valence-electron chi connectivity index (χ0n) is 23.3. The van der Waals surface area contributed by atoms with E-state index >= 15 is 0 Å². The van der Waals surface area contributed by atoms with Crippen molar-refractivity contribution in [3.8, 4) is 16.9 Å². The summed E-state index contributed by atoms with van der Waals surface area (Å²) >= 11 is 0. The summed E-state index contributed by atoms with van der Waals surface area (Å²) in [5.74, 6) is 0.0988. The fourth-order valence-electron chi connectivity index (χ4n) is 4.01. The van der Waals surface area contributed by atoms with Crippen molar-refractivity contribution in [3.05, 3.63) is 67.3 Å². The standard InChI is InChI=1S/C28H35N6O5P/c1-19(2)38-27(35)28(4,5)33-40(36,39-23-13-11-22(12-14-23)21-9-7-6-8-10-21)18-37-20(3)15-34-17-32-24-25(29)30-16-31-26(24)34/h6-14,16-17,19-20H,15,18H2,1-5H3,(H,33,36)(H2,29,30,31)/t20-,40?/m1/s1. The molecule has 2 atom stereocenters. The molecular weight excluding hydrogens is 531 g/mol. The van der Waals surface area contributed by atoms with E-state index in [1.54, 1.807) is 50.7 Å². The van der Waals surface area contributed by atoms with Crippen LogP contribution in [0.1, 0.15) is 34.6 Å². The van der Waals surface area contributed by atoms with Gasteiger partial charge in [-0.3, -0.25) is 9.36 Å². The first-order valence-corrected chi connectivity index (χ1v) is 14.7. The maximum absolute atomic E-state index is 14.2. The Hall–Kier alpha value is -3.79. The van der Waals surface area contributed by atoms with Gasteiger partial charge in [-0.2, -0.15) is 0 Å². The van der Waals surface area contributed by atoms with E-state index < -0.39 is 25.1 Å². The lowest BCUT2D eigenvalue weighted by Crippen LogP contribution is -2.48. The van der Waals surface area contributed by atoms with Gasteiger partial charge in [-0.25, -0.2) is 20.0 Å². The Labute approximate surface area is 233 Å². The largest absolute Gasteiger partial charge is 0.462 e. The number of aromatic nitrogens is 4. The minimum atomic E-state index is -3.79. The molecule has 2 aromatic heterocycles. The van der Waals surface area contributed by atoms with Crippen LogP contribution in [-0.2, 0) is 25.4 Å². The zero-order valence-corrected chi connectivity index (χ0v) is 24.2. The van der Waals surface area contributed by atoms with Crippen LogP contribution in [-0.4, -0.2) is 49.6 Å². The molecule has 0 spiro atoms. The highest BCUT2D eigenvalue weighted by molar-refractivity contribution is 7.57. The quantitative estimate of drug-likeness (QED) is 0.177. The van der Waals surface area contributed by atoms with E-state index in [1.165, 1.54) is 6.33 Å². The molecule has 0 amide bonds. The van der Waals surface area contributed by atoms with E-state index in [9.17, 15) is 9.36 Å². The Morgan fingerprint density at radius 2 is 1.70 bits per heavy atom. The topological polar surface area (TPSA) is 143 Å². The number of hydrogen-bond donors (Lipinski definition) is 2. The molecule has 0 fully saturated rings. The number of nitrogens with two attached hydrogens (primary N) is 1. The van der Waals surface area contributed by atoms with Gasteiger partial charge < -0.3 is 24.3 Å². The van der Waals surface area contributed by atoms with Crippen molar-refractivity contribution in [3.63, 3.8) is 0 Å². The minimum Gasteiger partial charge on any atom is -0.462 e. The van der Waals surface area contributed by atoms with E-state index in [0.717, 1.165) is 11.1 Å². The Bertz CT molecular complexity index is 1490. The number of carbonyl (C=O) groups is 1. The van der Waals surface area contributed by atoms with Crippen LogP contribution in [0.4, 0.5) is 5.82 Å². The molecule has 212 valence electrons. The molecular formula is C28H35N6O5P. The van der Waals surface area contributed by atoms with Crippen molar-refractivity contribution >= 4 is 30.5 Å². The summed E-state index contributed by atoms with van der Waals surface area (Å²) in [6.07, 6.45) is 1.91. The third-order valence-electron chi connectivity index (χ3n) is 5.93. The summed E-state index contributed by atoms with van der Waals surface area (Å²) in [5, 5.41) is 2.90. The Morgan fingerprint density at radius 1 is 1.02 bits per heavy atom. The number of esters is 1. The summed E-state index contributed by atoms with van der Waals surface area (Å²) in [6, 6.07) is 17.1. The summed E-state index contributed by atoms with van der Waals surface area (Å²) in [5.41, 5.74) is 7.66. The van der Waals surface area contributed by atoms with Gasteiger partial charge in [0.1, 0.15) is 29.5 Å². The van der Waals surface area contributed by atoms with Gasteiger partial charge in [-0.15, -0.1) is 0 Å². The first-order chi connectivity index (χ1) is 19.0. The number of hydrogen-bond acceptors (Lipinski definition) is 9. The van der Waals surface area contributed by atoms with Crippen molar-refractivity contribution in [1.29, 1.82) is 0 Å². The Morgan fingerprint density at radius 3 is 2.38 bits per heavy atom. The van der Waals surface area contributed by atoms with Crippen LogP contribution in [0.15, 0.2) is 67.3 Å². The number of nitrogen functional groups attached to an aromatic ring is 1. The first-order valence-electron chi connectivity index (χ1n) is 12.9. The minimum absolute atomic E-state index is 0.285. The van der Waals surface area contributed by atoms with Crippen molar-refractivity contribution < 1.29 is 23.4 Å². The molecule has 0 aliphatic heterocycles. The number of nitrogens with one attached hydrogen (secondary N) is 1. The van der Waals surface area contributed by atoms with Crippen LogP contribution < -0.4 is 15.3 Å². The van der Waals surface area contributed by atoms with Crippen LogP contribution in [0.5, 0.6) is 5.75 Å². The second-order valence-corrected chi connectivity index (χ2v) is 12.3. The van der Waals surface area contributed by atoms with Gasteiger partial charge in [0.25, 0.3) is 0 Å². The second kappa shape index (κ2) is 12.2. The molecule has 11 nitrogen and oxygen atoms in total. The number of nitrogens with zero attached hydrogens (tertiary/aromatic N) is 4. The van der Waals surface area contributed by atoms with E-state index in [2.05, 4.69) is 20.0 Å². The number of rotatable bonds is 12. The van der Waals surface area contributed by atoms with Crippen molar-refractivity contribution in [2.75, 3.05) is 12.1 Å². The van der Waals surface area contributed by atoms with E-state index in [0.29, 0.717) is 23.5 Å². The van der Waals surface area contributed by atoms with Crippen molar-refractivity contribution in [2.45, 2.75) is 58.9 Å². The van der Waals surface area contributed by atoms with Gasteiger partial charge in [0.15, 0.2) is 11.5 Å². The molecule has 4 aromatic rings. The maximum atomic E-state index is 14.2. The predicted molar refractivity (Wildman–Crippen MR) is 154 cm³/mol. The summed E-state index contributed by atoms with van der Waals surface area (Å²) in [4.78, 5) is 25.3. The van der Waals surface area contributed by atoms with Gasteiger partial charge in [0.05, 0.1) is 25.1 Å². The van der Waals surface area contributed by atoms with Gasteiger partial charge in [0, 0.05) is 0 Å². The normalized spacial score (nSPS) is 14.2. The summed E-state index contributed by atoms with van der Waals surface area (Å²) < 4.78 is 33.4. The molecule has 0 aliphatic carbocycles. The summed E-state index contributed by atoms with van der Waals surface area (Å²) in [7, 11) is -3.79. The Balaban J connectivity index is 1.51. The monoisotopic (exact) mass is 566 g/mol. The highest BCUT2D eigenvalue weighted by atomic mass is 31.2. The Kier molecular flexibility index (Phi) is 8.88. The SMILES string of the molecule is CC(C)OC(=O)C(C)(C)NP(=O)(CO[C@H](C)Cn1cnc2c(N)ncnc21)Oc1ccc(-c2ccccc2)cc1. The lowest BCUT2D eigenvalue weighted by atomic mass is 10.1. The molecule has 1 unspecified atom stereocenters. The number of ether oxygens (including phenoxy) is 2. The number of anilines is 1. The molecule has 12 heteroatoms. The second-order valence-electron chi connectivity index (χ2n) is 10.3. The van der Waals surface area contributed by atoms with Gasteiger partial charge in [-0.05, 0) is 57.9 Å². The average Bonchev–Trinajstić information content (AvgIpc) is 3.31. The van der Waals surface area contributed by atoms with E-state index in [-0.39, 0.29) is 18.3 Å². The van der Waals surface area contributed by atoms with Crippen LogP contribution in [0, 0.1) is 0 Å². The van der Waals surface area contributed by atoms with Crippen LogP contribution in [0.2, 0.25) is 0 Å². The fourth-order valence-corrected chi connectivity index (χ4v) is 6.03. The lowest BCUT2D eigenvalue weighted by Gasteiger charge is -2.31. The van der Waals surface area contributed by atoms with Gasteiger partial charge >= 0.3 is 13.5 Å². The molecule has 2 aromatic carbocycles. The number of carbonyl (C=O) groups excluding carboxylic acids is 1. The fraction of sp³-hybridized carbons (Fsp3) is 0.357. The third kappa shape index (κ3) is 7.24. The predicted octanol–water partition coefficient (Wildman–Crippen LogP) is 5.03. The van der Waals surface area contributed by atoms with Crippen LogP contribution >= 0.6 is 7.52 Å². The molecule has 40 heavy (non-hydrogen) atoms. The van der Waals surface area contributed by atoms with Crippen molar-refractivity contribution in [2.24, 2.45) is 0 Å². The molecule has 4 rings (SSSR count). The van der Waals surface area contributed by atoms with Crippen LogP contribution in [0.3, 0.4) is 0 Å². The molecule has 0 bridgehead atoms. The molecule has 0 saturated carbocycles. The van der Waals surface area contributed by atoms with Crippen LogP contribution in [0.25, 0.3) is 22.3 Å². The first kappa shape index (κ1) is 29.2. The smallest absolute Gasteiger partial charge is 0.342 e. The average molecular weight is 567 g/mol. The molecule has 0 aliphatic rings. The maximum Gasteiger partial charge on any atom is 0.342 e. The third-order valence-corrected chi connectivity index (χ3v) is 7.82. The van der Waals surface area contributed by atoms with Gasteiger partial charge in [-0.1, -0.05) is 42.5 Å². The number of imidazole rings is 1. The highest BCUT2D eigenvalue weighted by Gasteiger charge is 2.40. The lowest BCUT2D eigenvalue weighted by molar-refractivity contribution is -0.153. The zero-order chi connectivity index (χ0) is 28.9. The number of fused-ring (bicyclic) bond motifs is 1. The van der Waals surface area contributed by atoms with Crippen molar-refractivity contribution in [1.82, 2.24) is 24.6 Å². The molecule has 2 heterocycles. The summed E-state index contributed by atoms with van der Waals surface area (Å²) in [6.45, 7) is 8.88. The van der Waals surface area contributed by atoms with E-state index in [4.69, 9.17) is 19.7 Å². The molecule has 0 radical (unpaired) electrons. The highest BCUT2D eigenvalue weighted by Crippen LogP contribution is 2.46. The number of benzene rings is 2.